The molecule has 1 fully saturated rings. The number of hydrogen-bond donors (Lipinski definition) is 1. The quantitative estimate of drug-likeness (QED) is 0.860. The van der Waals surface area contributed by atoms with Crippen LogP contribution in [-0.4, -0.2) is 37.6 Å². The molecule has 0 spiro atoms. The van der Waals surface area contributed by atoms with Crippen molar-refractivity contribution in [2.45, 2.75) is 25.3 Å². The van der Waals surface area contributed by atoms with E-state index in [9.17, 15) is 4.39 Å². The van der Waals surface area contributed by atoms with Crippen LogP contribution in [0.4, 0.5) is 4.39 Å². The number of benzene rings is 1. The van der Waals surface area contributed by atoms with Crippen LogP contribution in [0.3, 0.4) is 0 Å². The maximum Gasteiger partial charge on any atom is 0.123 e. The molecule has 0 saturated carbocycles. The largest absolute Gasteiger partial charge is 0.317 e. The van der Waals surface area contributed by atoms with Gasteiger partial charge in [-0.15, -0.1) is 0 Å². The molecule has 2 rings (SSSR count). The van der Waals surface area contributed by atoms with Crippen molar-refractivity contribution >= 4 is 0 Å². The van der Waals surface area contributed by atoms with E-state index in [0.717, 1.165) is 31.6 Å². The van der Waals surface area contributed by atoms with Gasteiger partial charge in [0.2, 0.25) is 0 Å². The van der Waals surface area contributed by atoms with Crippen LogP contribution in [0.2, 0.25) is 0 Å². The van der Waals surface area contributed by atoms with E-state index in [-0.39, 0.29) is 5.82 Å². The lowest BCUT2D eigenvalue weighted by atomic mass is 10.0. The lowest BCUT2D eigenvalue weighted by Crippen LogP contribution is -2.41. The van der Waals surface area contributed by atoms with Crippen LogP contribution >= 0.6 is 0 Å². The molecule has 1 aromatic rings. The van der Waals surface area contributed by atoms with Crippen LogP contribution in [0, 0.1) is 5.82 Å². The highest BCUT2D eigenvalue weighted by atomic mass is 19.1. The van der Waals surface area contributed by atoms with Gasteiger partial charge in [-0.1, -0.05) is 12.1 Å². The highest BCUT2D eigenvalue weighted by Gasteiger charge is 2.17. The lowest BCUT2D eigenvalue weighted by Gasteiger charge is -2.31. The highest BCUT2D eigenvalue weighted by molar-refractivity contribution is 5.16. The predicted molar refractivity (Wildman–Crippen MR) is 68.6 cm³/mol. The smallest absolute Gasteiger partial charge is 0.123 e. The molecular formula is C14H21FN2. The van der Waals surface area contributed by atoms with Crippen LogP contribution in [0.1, 0.15) is 18.4 Å². The van der Waals surface area contributed by atoms with Crippen molar-refractivity contribution in [3.63, 3.8) is 0 Å². The zero-order valence-corrected chi connectivity index (χ0v) is 10.5. The molecule has 1 N–H and O–H groups in total. The number of rotatable bonds is 4. The molecule has 17 heavy (non-hydrogen) atoms. The van der Waals surface area contributed by atoms with Gasteiger partial charge in [0.15, 0.2) is 0 Å². The average molecular weight is 236 g/mol. The summed E-state index contributed by atoms with van der Waals surface area (Å²) in [6.07, 6.45) is 3.37. The van der Waals surface area contributed by atoms with E-state index in [1.807, 2.05) is 6.07 Å². The fourth-order valence-electron chi connectivity index (χ4n) is 2.43. The summed E-state index contributed by atoms with van der Waals surface area (Å²) >= 11 is 0. The molecule has 1 aliphatic rings. The number of piperidine rings is 1. The molecule has 0 aromatic heterocycles. The molecule has 1 aromatic carbocycles. The van der Waals surface area contributed by atoms with E-state index >= 15 is 0 Å². The van der Waals surface area contributed by atoms with Crippen LogP contribution in [0.15, 0.2) is 24.3 Å². The second kappa shape index (κ2) is 6.12. The van der Waals surface area contributed by atoms with Gasteiger partial charge in [-0.2, -0.15) is 0 Å². The van der Waals surface area contributed by atoms with Crippen molar-refractivity contribution in [3.8, 4) is 0 Å². The molecule has 1 aliphatic heterocycles. The Kier molecular flexibility index (Phi) is 4.51. The summed E-state index contributed by atoms with van der Waals surface area (Å²) in [7, 11) is 2.18. The summed E-state index contributed by atoms with van der Waals surface area (Å²) in [6.45, 7) is 3.25. The second-order valence-electron chi connectivity index (χ2n) is 4.84. The number of nitrogens with one attached hydrogen (secondary N) is 1. The predicted octanol–water partition coefficient (Wildman–Crippen LogP) is 2.05. The maximum atomic E-state index is 13.0. The van der Waals surface area contributed by atoms with Crippen molar-refractivity contribution < 1.29 is 4.39 Å². The van der Waals surface area contributed by atoms with Gasteiger partial charge in [-0.05, 0) is 57.1 Å². The summed E-state index contributed by atoms with van der Waals surface area (Å²) in [5.74, 6) is -0.132. The summed E-state index contributed by atoms with van der Waals surface area (Å²) in [4.78, 5) is 2.41. The average Bonchev–Trinajstić information content (AvgIpc) is 2.37. The fraction of sp³-hybridized carbons (Fsp3) is 0.571. The number of nitrogens with zero attached hydrogens (tertiary/aromatic N) is 1. The Hall–Kier alpha value is -0.930. The zero-order valence-electron chi connectivity index (χ0n) is 10.5. The van der Waals surface area contributed by atoms with Crippen molar-refractivity contribution in [2.24, 2.45) is 0 Å². The minimum Gasteiger partial charge on any atom is -0.317 e. The van der Waals surface area contributed by atoms with E-state index in [4.69, 9.17) is 0 Å². The Morgan fingerprint density at radius 3 is 2.82 bits per heavy atom. The molecule has 1 heterocycles. The van der Waals surface area contributed by atoms with E-state index < -0.39 is 0 Å². The monoisotopic (exact) mass is 236 g/mol. The molecule has 2 nitrogen and oxygen atoms in total. The van der Waals surface area contributed by atoms with Crippen LogP contribution in [-0.2, 0) is 6.42 Å². The van der Waals surface area contributed by atoms with Gasteiger partial charge in [0, 0.05) is 12.6 Å². The first-order chi connectivity index (χ1) is 8.25. The third kappa shape index (κ3) is 3.79. The SMILES string of the molecule is CN(CCc1cccc(F)c1)C1CCNCC1. The molecule has 1 saturated heterocycles. The van der Waals surface area contributed by atoms with Gasteiger partial charge in [0.1, 0.15) is 5.82 Å². The van der Waals surface area contributed by atoms with Gasteiger partial charge < -0.3 is 10.2 Å². The number of halogens is 1. The first-order valence-electron chi connectivity index (χ1n) is 6.41. The van der Waals surface area contributed by atoms with E-state index in [2.05, 4.69) is 17.3 Å². The van der Waals surface area contributed by atoms with Gasteiger partial charge in [-0.3, -0.25) is 0 Å². The molecule has 0 radical (unpaired) electrons. The van der Waals surface area contributed by atoms with Crippen molar-refractivity contribution in [1.29, 1.82) is 0 Å². The Balaban J connectivity index is 1.80. The van der Waals surface area contributed by atoms with Crippen LogP contribution in [0.25, 0.3) is 0 Å². The summed E-state index contributed by atoms with van der Waals surface area (Å²) in [5.41, 5.74) is 1.09. The molecule has 0 amide bonds. The second-order valence-corrected chi connectivity index (χ2v) is 4.84. The molecular weight excluding hydrogens is 215 g/mol. The van der Waals surface area contributed by atoms with Crippen molar-refractivity contribution in [2.75, 3.05) is 26.7 Å². The van der Waals surface area contributed by atoms with Gasteiger partial charge in [0.25, 0.3) is 0 Å². The van der Waals surface area contributed by atoms with Crippen LogP contribution < -0.4 is 5.32 Å². The van der Waals surface area contributed by atoms with E-state index in [1.165, 1.54) is 18.9 Å². The minimum absolute atomic E-state index is 0.132. The lowest BCUT2D eigenvalue weighted by molar-refractivity contribution is 0.201. The first-order valence-corrected chi connectivity index (χ1v) is 6.41. The van der Waals surface area contributed by atoms with Crippen LogP contribution in [0.5, 0.6) is 0 Å². The van der Waals surface area contributed by atoms with Crippen molar-refractivity contribution in [3.05, 3.63) is 35.6 Å². The molecule has 0 aliphatic carbocycles. The minimum atomic E-state index is -0.132. The van der Waals surface area contributed by atoms with Gasteiger partial charge in [-0.25, -0.2) is 4.39 Å². The molecule has 0 atom stereocenters. The third-order valence-corrected chi connectivity index (χ3v) is 3.57. The Morgan fingerprint density at radius 1 is 1.35 bits per heavy atom. The number of likely N-dealkylation sites (N-methyl/N-ethyl adjacent to an activating group) is 1. The standard InChI is InChI=1S/C14H21FN2/c1-17(14-5-8-16-9-6-14)10-7-12-3-2-4-13(15)11-12/h2-4,11,14,16H,5-10H2,1H3. The van der Waals surface area contributed by atoms with E-state index in [1.54, 1.807) is 12.1 Å². The molecule has 0 unspecified atom stereocenters. The Labute approximate surface area is 103 Å². The Morgan fingerprint density at radius 2 is 2.12 bits per heavy atom. The van der Waals surface area contributed by atoms with Gasteiger partial charge >= 0.3 is 0 Å². The summed E-state index contributed by atoms with van der Waals surface area (Å²) < 4.78 is 13.0. The fourth-order valence-corrected chi connectivity index (χ4v) is 2.43. The first kappa shape index (κ1) is 12.5. The maximum absolute atomic E-state index is 13.0. The molecule has 0 bridgehead atoms. The van der Waals surface area contributed by atoms with Crippen molar-refractivity contribution in [1.82, 2.24) is 10.2 Å². The zero-order chi connectivity index (χ0) is 12.1. The van der Waals surface area contributed by atoms with E-state index in [0.29, 0.717) is 6.04 Å². The molecule has 3 heteroatoms. The molecule has 94 valence electrons. The normalized spacial score (nSPS) is 17.6. The topological polar surface area (TPSA) is 15.3 Å². The van der Waals surface area contributed by atoms with Gasteiger partial charge in [0.05, 0.1) is 0 Å². The highest BCUT2D eigenvalue weighted by Crippen LogP contribution is 2.11. The summed E-state index contributed by atoms with van der Waals surface area (Å²) in [6, 6.07) is 7.61. The number of hydrogen-bond acceptors (Lipinski definition) is 2. The summed E-state index contributed by atoms with van der Waals surface area (Å²) in [5, 5.41) is 3.37. The third-order valence-electron chi connectivity index (χ3n) is 3.57. The Bertz CT molecular complexity index is 348.